The Morgan fingerprint density at radius 1 is 0.548 bits per heavy atom. The van der Waals surface area contributed by atoms with E-state index < -0.39 is 0 Å². The van der Waals surface area contributed by atoms with Crippen LogP contribution in [0.15, 0.2) is 133 Å². The summed E-state index contributed by atoms with van der Waals surface area (Å²) in [5, 5.41) is 17.5. The molecule has 1 heteroatoms. The number of rotatable bonds is 3. The number of benzene rings is 7. The molecule has 42 heavy (non-hydrogen) atoms. The van der Waals surface area contributed by atoms with E-state index in [4.69, 9.17) is 0 Å². The van der Waals surface area contributed by atoms with Crippen LogP contribution in [0.25, 0.3) is 71.8 Å². The maximum absolute atomic E-state index is 10.9. The molecule has 1 aliphatic carbocycles. The minimum absolute atomic E-state index is 0.268. The molecule has 7 aromatic rings. The summed E-state index contributed by atoms with van der Waals surface area (Å²) in [4.78, 5) is 0. The summed E-state index contributed by atoms with van der Waals surface area (Å²) in [6.07, 6.45) is 4.98. The first-order valence-corrected chi connectivity index (χ1v) is 14.3. The Labute approximate surface area is 245 Å². The second-order valence-electron chi connectivity index (χ2n) is 10.8. The van der Waals surface area contributed by atoms with Gasteiger partial charge in [-0.1, -0.05) is 139 Å². The number of phenols is 1. The lowest BCUT2D eigenvalue weighted by Crippen LogP contribution is -1.95. The zero-order valence-corrected chi connectivity index (χ0v) is 22.9. The van der Waals surface area contributed by atoms with Crippen molar-refractivity contribution in [3.05, 3.63) is 145 Å². The lowest BCUT2D eigenvalue weighted by molar-refractivity contribution is 0.481. The van der Waals surface area contributed by atoms with Crippen LogP contribution in [0.3, 0.4) is 0 Å². The van der Waals surface area contributed by atoms with Gasteiger partial charge in [0, 0.05) is 17.4 Å². The molecule has 7 aromatic carbocycles. The SMILES string of the molecule is Oc1cccc2cc(-c3c4ccccc4c(-c4ccc(-c5ccccc5)cc4)c4ccccc34)c3c(c12)C#CCC=C3. The Kier molecular flexibility index (Phi) is 5.66. The average molecular weight is 535 g/mol. The Hall–Kier alpha value is -5.58. The van der Waals surface area contributed by atoms with Crippen LogP contribution in [-0.4, -0.2) is 5.11 Å². The van der Waals surface area contributed by atoms with E-state index in [0.717, 1.165) is 27.5 Å². The van der Waals surface area contributed by atoms with Crippen LogP contribution in [0.2, 0.25) is 0 Å². The number of aromatic hydroxyl groups is 1. The van der Waals surface area contributed by atoms with E-state index in [-0.39, 0.29) is 5.75 Å². The molecule has 0 aliphatic heterocycles. The maximum Gasteiger partial charge on any atom is 0.124 e. The van der Waals surface area contributed by atoms with Crippen LogP contribution in [0.5, 0.6) is 5.75 Å². The predicted molar refractivity (Wildman–Crippen MR) is 177 cm³/mol. The zero-order chi connectivity index (χ0) is 28.0. The fraction of sp³-hybridized carbons (Fsp3) is 0.0244. The molecular weight excluding hydrogens is 508 g/mol. The number of allylic oxidation sites excluding steroid dienone is 1. The molecule has 0 bridgehead atoms. The van der Waals surface area contributed by atoms with Gasteiger partial charge in [-0.05, 0) is 78.0 Å². The molecule has 0 radical (unpaired) electrons. The Morgan fingerprint density at radius 3 is 1.83 bits per heavy atom. The average Bonchev–Trinajstić information content (AvgIpc) is 3.30. The standard InChI is InChI=1S/C41H26O/c42-38-21-11-14-30-26-37(31-15-5-2-6-16-32(31)40(30)38)41-35-19-9-7-17-33(35)39(34-18-8-10-20-36(34)41)29-24-22-28(23-25-29)27-12-3-1-4-13-27/h1,3-5,7-15,17-26,42H,2H2. The predicted octanol–water partition coefficient (Wildman–Crippen LogP) is 10.6. The first kappa shape index (κ1) is 24.2. The maximum atomic E-state index is 10.9. The molecule has 0 saturated heterocycles. The highest BCUT2D eigenvalue weighted by Gasteiger charge is 2.21. The molecule has 1 nitrogen and oxygen atoms in total. The topological polar surface area (TPSA) is 20.2 Å². The van der Waals surface area contributed by atoms with Crippen molar-refractivity contribution < 1.29 is 5.11 Å². The summed E-state index contributed by atoms with van der Waals surface area (Å²) in [6.45, 7) is 0. The van der Waals surface area contributed by atoms with Gasteiger partial charge >= 0.3 is 0 Å². The van der Waals surface area contributed by atoms with E-state index in [9.17, 15) is 5.11 Å². The van der Waals surface area contributed by atoms with Crippen molar-refractivity contribution in [1.29, 1.82) is 0 Å². The Morgan fingerprint density at radius 2 is 1.14 bits per heavy atom. The van der Waals surface area contributed by atoms with Crippen LogP contribution < -0.4 is 0 Å². The molecule has 0 saturated carbocycles. The molecule has 196 valence electrons. The van der Waals surface area contributed by atoms with Gasteiger partial charge in [0.25, 0.3) is 0 Å². The van der Waals surface area contributed by atoms with E-state index in [1.165, 1.54) is 49.4 Å². The third kappa shape index (κ3) is 3.81. The minimum Gasteiger partial charge on any atom is -0.507 e. The third-order valence-electron chi connectivity index (χ3n) is 8.38. The highest BCUT2D eigenvalue weighted by atomic mass is 16.3. The minimum atomic E-state index is 0.268. The lowest BCUT2D eigenvalue weighted by atomic mass is 9.82. The molecule has 0 fully saturated rings. The molecule has 0 unspecified atom stereocenters. The van der Waals surface area contributed by atoms with E-state index in [0.29, 0.717) is 6.42 Å². The summed E-state index contributed by atoms with van der Waals surface area (Å²) in [5.74, 6) is 6.94. The van der Waals surface area contributed by atoms with Gasteiger partial charge in [-0.3, -0.25) is 0 Å². The van der Waals surface area contributed by atoms with Gasteiger partial charge in [-0.25, -0.2) is 0 Å². The monoisotopic (exact) mass is 534 g/mol. The van der Waals surface area contributed by atoms with Gasteiger partial charge < -0.3 is 5.11 Å². The molecule has 1 aliphatic rings. The third-order valence-corrected chi connectivity index (χ3v) is 8.38. The number of fused-ring (bicyclic) bond motifs is 5. The zero-order valence-electron chi connectivity index (χ0n) is 22.9. The number of phenolic OH excluding ortho intramolecular Hbond substituents is 1. The molecule has 0 atom stereocenters. The van der Waals surface area contributed by atoms with Crippen LogP contribution in [0.1, 0.15) is 17.5 Å². The van der Waals surface area contributed by atoms with Gasteiger partial charge in [0.15, 0.2) is 0 Å². The van der Waals surface area contributed by atoms with Gasteiger partial charge in [-0.15, -0.1) is 0 Å². The number of hydrogen-bond acceptors (Lipinski definition) is 1. The van der Waals surface area contributed by atoms with Crippen molar-refractivity contribution in [3.63, 3.8) is 0 Å². The summed E-state index contributed by atoms with van der Waals surface area (Å²) >= 11 is 0. The van der Waals surface area contributed by atoms with Crippen molar-refractivity contribution in [3.8, 4) is 51.0 Å². The summed E-state index contributed by atoms with van der Waals surface area (Å²) in [5.41, 5.74) is 9.14. The van der Waals surface area contributed by atoms with Crippen molar-refractivity contribution in [2.24, 2.45) is 0 Å². The van der Waals surface area contributed by atoms with Gasteiger partial charge in [0.1, 0.15) is 5.75 Å². The van der Waals surface area contributed by atoms with Crippen LogP contribution in [0.4, 0.5) is 0 Å². The van der Waals surface area contributed by atoms with Gasteiger partial charge in [0.05, 0.1) is 0 Å². The largest absolute Gasteiger partial charge is 0.507 e. The molecule has 1 N–H and O–H groups in total. The molecule has 0 spiro atoms. The Balaban J connectivity index is 1.46. The highest BCUT2D eigenvalue weighted by Crippen LogP contribution is 2.47. The fourth-order valence-corrected chi connectivity index (χ4v) is 6.53. The number of hydrogen-bond donors (Lipinski definition) is 1. The summed E-state index contributed by atoms with van der Waals surface area (Å²) in [7, 11) is 0. The van der Waals surface area contributed by atoms with Gasteiger partial charge in [-0.2, -0.15) is 0 Å². The normalized spacial score (nSPS) is 12.2. The quantitative estimate of drug-likeness (QED) is 0.177. The second kappa shape index (κ2) is 9.81. The molecule has 8 rings (SSSR count). The smallest absolute Gasteiger partial charge is 0.124 e. The van der Waals surface area contributed by atoms with E-state index in [1.54, 1.807) is 6.07 Å². The molecule has 0 aromatic heterocycles. The van der Waals surface area contributed by atoms with Crippen molar-refractivity contribution in [2.75, 3.05) is 0 Å². The molecule has 0 amide bonds. The first-order valence-electron chi connectivity index (χ1n) is 14.3. The molecule has 0 heterocycles. The van der Waals surface area contributed by atoms with E-state index >= 15 is 0 Å². The lowest BCUT2D eigenvalue weighted by Gasteiger charge is -2.20. The van der Waals surface area contributed by atoms with Crippen LogP contribution in [-0.2, 0) is 0 Å². The Bertz CT molecular complexity index is 2200. The highest BCUT2D eigenvalue weighted by molar-refractivity contribution is 6.22. The summed E-state index contributed by atoms with van der Waals surface area (Å²) < 4.78 is 0. The van der Waals surface area contributed by atoms with Crippen molar-refractivity contribution >= 4 is 38.4 Å². The van der Waals surface area contributed by atoms with E-state index in [2.05, 4.69) is 139 Å². The molecular formula is C41H26O. The first-order chi connectivity index (χ1) is 20.8. The summed E-state index contributed by atoms with van der Waals surface area (Å²) in [6, 6.07) is 44.9. The van der Waals surface area contributed by atoms with Crippen LogP contribution >= 0.6 is 0 Å². The van der Waals surface area contributed by atoms with Crippen LogP contribution in [0, 0.1) is 11.8 Å². The van der Waals surface area contributed by atoms with Gasteiger partial charge in [0.2, 0.25) is 0 Å². The second-order valence-corrected chi connectivity index (χ2v) is 10.8. The van der Waals surface area contributed by atoms with Crippen molar-refractivity contribution in [1.82, 2.24) is 0 Å². The fourth-order valence-electron chi connectivity index (χ4n) is 6.53. The van der Waals surface area contributed by atoms with Crippen molar-refractivity contribution in [2.45, 2.75) is 6.42 Å². The van der Waals surface area contributed by atoms with E-state index in [1.807, 2.05) is 6.07 Å².